The van der Waals surface area contributed by atoms with E-state index in [0.717, 1.165) is 21.6 Å². The van der Waals surface area contributed by atoms with Gasteiger partial charge in [-0.15, -0.1) is 0 Å². The Bertz CT molecular complexity index is 658. The summed E-state index contributed by atoms with van der Waals surface area (Å²) in [6.07, 6.45) is 0. The Morgan fingerprint density at radius 3 is 2.57 bits per heavy atom. The van der Waals surface area contributed by atoms with Crippen LogP contribution in [0.25, 0.3) is 0 Å². The van der Waals surface area contributed by atoms with Gasteiger partial charge in [-0.1, -0.05) is 15.9 Å². The number of halogens is 1. The number of fused-ring (bicyclic) bond motifs is 1. The van der Waals surface area contributed by atoms with Gasteiger partial charge in [0.2, 0.25) is 12.7 Å². The summed E-state index contributed by atoms with van der Waals surface area (Å²) in [7, 11) is 0. The van der Waals surface area contributed by atoms with Gasteiger partial charge < -0.3 is 20.1 Å². The molecule has 2 aromatic rings. The van der Waals surface area contributed by atoms with E-state index in [0.29, 0.717) is 5.75 Å². The lowest BCUT2D eigenvalue weighted by atomic mass is 10.2. The topological polar surface area (TPSA) is 59.6 Å². The number of amides is 1. The van der Waals surface area contributed by atoms with Crippen molar-refractivity contribution in [2.75, 3.05) is 24.0 Å². The van der Waals surface area contributed by atoms with Crippen LogP contribution in [0.2, 0.25) is 0 Å². The first-order valence-corrected chi connectivity index (χ1v) is 7.19. The van der Waals surface area contributed by atoms with E-state index < -0.39 is 0 Å². The van der Waals surface area contributed by atoms with Gasteiger partial charge in [0, 0.05) is 21.9 Å². The average Bonchev–Trinajstić information content (AvgIpc) is 2.95. The molecule has 0 atom stereocenters. The number of anilines is 2. The molecular formula is C15H13BrN2O3. The Kier molecular flexibility index (Phi) is 3.96. The summed E-state index contributed by atoms with van der Waals surface area (Å²) in [5.41, 5.74) is 1.57. The summed E-state index contributed by atoms with van der Waals surface area (Å²) in [6, 6.07) is 12.9. The van der Waals surface area contributed by atoms with Crippen LogP contribution in [0.4, 0.5) is 11.4 Å². The number of carbonyl (C=O) groups excluding carboxylic acids is 1. The molecule has 5 nitrogen and oxygen atoms in total. The molecule has 0 saturated heterocycles. The van der Waals surface area contributed by atoms with E-state index in [2.05, 4.69) is 26.6 Å². The Labute approximate surface area is 130 Å². The Balaban J connectivity index is 1.55. The summed E-state index contributed by atoms with van der Waals surface area (Å²) in [5.74, 6) is 1.29. The zero-order valence-corrected chi connectivity index (χ0v) is 12.6. The molecule has 0 radical (unpaired) electrons. The zero-order chi connectivity index (χ0) is 14.7. The van der Waals surface area contributed by atoms with Crippen molar-refractivity contribution in [1.82, 2.24) is 0 Å². The van der Waals surface area contributed by atoms with E-state index >= 15 is 0 Å². The molecule has 0 unspecified atom stereocenters. The van der Waals surface area contributed by atoms with Crippen molar-refractivity contribution in [1.29, 1.82) is 0 Å². The Hall–Kier alpha value is -2.21. The molecule has 6 heteroatoms. The quantitative estimate of drug-likeness (QED) is 0.890. The van der Waals surface area contributed by atoms with Crippen LogP contribution in [0.1, 0.15) is 0 Å². The van der Waals surface area contributed by atoms with Gasteiger partial charge >= 0.3 is 0 Å². The van der Waals surface area contributed by atoms with Crippen molar-refractivity contribution >= 4 is 33.2 Å². The second kappa shape index (κ2) is 6.05. The highest BCUT2D eigenvalue weighted by atomic mass is 79.9. The van der Waals surface area contributed by atoms with Crippen LogP contribution in [0, 0.1) is 0 Å². The van der Waals surface area contributed by atoms with Crippen LogP contribution in [0.3, 0.4) is 0 Å². The fourth-order valence-corrected chi connectivity index (χ4v) is 2.19. The second-order valence-electron chi connectivity index (χ2n) is 4.48. The van der Waals surface area contributed by atoms with Gasteiger partial charge in [-0.05, 0) is 36.4 Å². The molecule has 0 aliphatic carbocycles. The lowest BCUT2D eigenvalue weighted by Gasteiger charge is -2.08. The molecule has 1 amide bonds. The summed E-state index contributed by atoms with van der Waals surface area (Å²) in [5, 5.41) is 5.86. The minimum Gasteiger partial charge on any atom is -0.454 e. The smallest absolute Gasteiger partial charge is 0.243 e. The highest BCUT2D eigenvalue weighted by Gasteiger charge is 2.13. The average molecular weight is 349 g/mol. The fraction of sp³-hybridized carbons (Fsp3) is 0.133. The largest absolute Gasteiger partial charge is 0.454 e. The van der Waals surface area contributed by atoms with E-state index in [-0.39, 0.29) is 19.2 Å². The predicted molar refractivity (Wildman–Crippen MR) is 83.8 cm³/mol. The summed E-state index contributed by atoms with van der Waals surface area (Å²) in [6.45, 7) is 0.415. The SMILES string of the molecule is O=C(CNc1ccc2c(c1)OCO2)Nc1ccc(Br)cc1. The molecule has 21 heavy (non-hydrogen) atoms. The maximum Gasteiger partial charge on any atom is 0.243 e. The third kappa shape index (κ3) is 3.46. The number of hydrogen-bond acceptors (Lipinski definition) is 4. The first-order chi connectivity index (χ1) is 10.2. The predicted octanol–water partition coefficient (Wildman–Crippen LogP) is 3.23. The van der Waals surface area contributed by atoms with Crippen LogP contribution in [-0.4, -0.2) is 19.2 Å². The van der Waals surface area contributed by atoms with Crippen molar-refractivity contribution < 1.29 is 14.3 Å². The van der Waals surface area contributed by atoms with E-state index in [1.807, 2.05) is 42.5 Å². The summed E-state index contributed by atoms with van der Waals surface area (Å²) in [4.78, 5) is 11.9. The van der Waals surface area contributed by atoms with Crippen molar-refractivity contribution in [2.45, 2.75) is 0 Å². The second-order valence-corrected chi connectivity index (χ2v) is 5.39. The van der Waals surface area contributed by atoms with Crippen LogP contribution in [-0.2, 0) is 4.79 Å². The molecule has 0 saturated carbocycles. The van der Waals surface area contributed by atoms with Crippen molar-refractivity contribution in [3.8, 4) is 11.5 Å². The van der Waals surface area contributed by atoms with Crippen molar-refractivity contribution in [3.05, 3.63) is 46.9 Å². The van der Waals surface area contributed by atoms with Gasteiger partial charge in [0.1, 0.15) is 0 Å². The van der Waals surface area contributed by atoms with Crippen LogP contribution in [0.15, 0.2) is 46.9 Å². The standard InChI is InChI=1S/C15H13BrN2O3/c16-10-1-3-11(4-2-10)18-15(19)8-17-12-5-6-13-14(7-12)21-9-20-13/h1-7,17H,8-9H2,(H,18,19). The Morgan fingerprint density at radius 1 is 1.05 bits per heavy atom. The van der Waals surface area contributed by atoms with Crippen molar-refractivity contribution in [2.24, 2.45) is 0 Å². The Morgan fingerprint density at radius 2 is 1.76 bits per heavy atom. The molecule has 3 rings (SSSR count). The normalized spacial score (nSPS) is 12.0. The van der Waals surface area contributed by atoms with E-state index in [4.69, 9.17) is 9.47 Å². The lowest BCUT2D eigenvalue weighted by Crippen LogP contribution is -2.21. The number of carbonyl (C=O) groups is 1. The highest BCUT2D eigenvalue weighted by Crippen LogP contribution is 2.34. The van der Waals surface area contributed by atoms with Crippen LogP contribution in [0.5, 0.6) is 11.5 Å². The third-order valence-electron chi connectivity index (χ3n) is 2.95. The molecule has 0 spiro atoms. The van der Waals surface area contributed by atoms with E-state index in [9.17, 15) is 4.79 Å². The van der Waals surface area contributed by atoms with Crippen LogP contribution < -0.4 is 20.1 Å². The summed E-state index contributed by atoms with van der Waals surface area (Å²) < 4.78 is 11.5. The third-order valence-corrected chi connectivity index (χ3v) is 3.48. The van der Waals surface area contributed by atoms with Gasteiger partial charge in [0.05, 0.1) is 6.54 Å². The first kappa shape index (κ1) is 13.8. The van der Waals surface area contributed by atoms with Gasteiger partial charge in [-0.2, -0.15) is 0 Å². The molecule has 2 aromatic carbocycles. The minimum atomic E-state index is -0.116. The zero-order valence-electron chi connectivity index (χ0n) is 11.1. The maximum absolute atomic E-state index is 11.9. The summed E-state index contributed by atoms with van der Waals surface area (Å²) >= 11 is 3.35. The van der Waals surface area contributed by atoms with Gasteiger partial charge in [0.25, 0.3) is 0 Å². The monoisotopic (exact) mass is 348 g/mol. The maximum atomic E-state index is 11.9. The molecule has 0 aromatic heterocycles. The first-order valence-electron chi connectivity index (χ1n) is 6.40. The van der Waals surface area contributed by atoms with Gasteiger partial charge in [-0.25, -0.2) is 0 Å². The number of ether oxygens (including phenoxy) is 2. The van der Waals surface area contributed by atoms with Crippen LogP contribution >= 0.6 is 15.9 Å². The lowest BCUT2D eigenvalue weighted by molar-refractivity contribution is -0.114. The number of hydrogen-bond donors (Lipinski definition) is 2. The van der Waals surface area contributed by atoms with Crippen molar-refractivity contribution in [3.63, 3.8) is 0 Å². The van der Waals surface area contributed by atoms with Gasteiger partial charge in [0.15, 0.2) is 11.5 Å². The minimum absolute atomic E-state index is 0.116. The molecule has 1 aliphatic heterocycles. The van der Waals surface area contributed by atoms with Gasteiger partial charge in [-0.3, -0.25) is 4.79 Å². The molecule has 2 N–H and O–H groups in total. The molecular weight excluding hydrogens is 336 g/mol. The molecule has 0 fully saturated rings. The molecule has 1 aliphatic rings. The van der Waals surface area contributed by atoms with E-state index in [1.54, 1.807) is 0 Å². The fourth-order valence-electron chi connectivity index (χ4n) is 1.93. The number of benzene rings is 2. The highest BCUT2D eigenvalue weighted by molar-refractivity contribution is 9.10. The molecule has 0 bridgehead atoms. The van der Waals surface area contributed by atoms with E-state index in [1.165, 1.54) is 0 Å². The molecule has 1 heterocycles. The number of nitrogens with one attached hydrogen (secondary N) is 2. The number of rotatable bonds is 4. The molecule has 108 valence electrons.